The number of carbonyl (C=O) groups is 1. The van der Waals surface area contributed by atoms with Crippen molar-refractivity contribution in [1.82, 2.24) is 0 Å². The molecule has 5 heteroatoms. The number of allylic oxidation sites excluding steroid dienone is 1. The number of nitrogens with two attached hydrogens (primary N) is 1. The predicted octanol–water partition coefficient (Wildman–Crippen LogP) is -3.00. The monoisotopic (exact) mass is 315 g/mol. The van der Waals surface area contributed by atoms with Crippen LogP contribution in [-0.4, -0.2) is 5.91 Å². The Hall–Kier alpha value is -1.42. The van der Waals surface area contributed by atoms with Crippen LogP contribution >= 0.6 is 0 Å². The van der Waals surface area contributed by atoms with Crippen LogP contribution in [0.4, 0.5) is 0 Å². The van der Waals surface area contributed by atoms with E-state index in [2.05, 4.69) is 0 Å². The molecule has 1 amide bonds. The summed E-state index contributed by atoms with van der Waals surface area (Å²) in [5, 5.41) is 8.32. The molecule has 1 aromatic rings. The van der Waals surface area contributed by atoms with Gasteiger partial charge in [0, 0.05) is 17.7 Å². The molecule has 0 atom stereocenters. The first-order chi connectivity index (χ1) is 6.72. The number of aromatic nitrogens is 1. The second-order valence-corrected chi connectivity index (χ2v) is 2.74. The average molecular weight is 315 g/mol. The number of amides is 1. The smallest absolute Gasteiger partial charge is 0.283 e. The fourth-order valence-corrected chi connectivity index (χ4v) is 1.05. The van der Waals surface area contributed by atoms with Crippen LogP contribution in [0.1, 0.15) is 5.56 Å². The van der Waals surface area contributed by atoms with Gasteiger partial charge in [0.05, 0.1) is 6.07 Å². The number of hydrogen-bond acceptors (Lipinski definition) is 2. The van der Waals surface area contributed by atoms with Crippen molar-refractivity contribution in [3.8, 4) is 6.07 Å². The van der Waals surface area contributed by atoms with Crippen molar-refractivity contribution in [3.05, 3.63) is 36.2 Å². The molecule has 4 nitrogen and oxygen atoms in total. The van der Waals surface area contributed by atoms with Crippen LogP contribution in [0.5, 0.6) is 0 Å². The summed E-state index contributed by atoms with van der Waals surface area (Å²) in [5.41, 5.74) is 5.90. The van der Waals surface area contributed by atoms with Gasteiger partial charge in [0.15, 0.2) is 12.4 Å². The summed E-state index contributed by atoms with van der Waals surface area (Å²) in [6.45, 7) is 0.147. The second-order valence-electron chi connectivity index (χ2n) is 2.74. The summed E-state index contributed by atoms with van der Waals surface area (Å²) in [7, 11) is 0. The van der Waals surface area contributed by atoms with Gasteiger partial charge in [0.2, 0.25) is 6.54 Å². The topological polar surface area (TPSA) is 70.8 Å². The lowest BCUT2D eigenvalue weighted by Gasteiger charge is -1.93. The number of halogens is 1. The maximum absolute atomic E-state index is 10.6. The molecule has 2 N–H and O–H groups in total. The van der Waals surface area contributed by atoms with E-state index >= 15 is 0 Å². The molecule has 0 radical (unpaired) electrons. The minimum atomic E-state index is -0.392. The molecule has 1 rings (SSSR count). The third kappa shape index (κ3) is 5.12. The zero-order chi connectivity index (χ0) is 10.4. The van der Waals surface area contributed by atoms with Crippen LogP contribution in [0.2, 0.25) is 0 Å². The van der Waals surface area contributed by atoms with Crippen LogP contribution in [0.3, 0.4) is 0 Å². The van der Waals surface area contributed by atoms with Crippen molar-refractivity contribution in [2.75, 3.05) is 0 Å². The van der Waals surface area contributed by atoms with Gasteiger partial charge in [-0.1, -0.05) is 0 Å². The van der Waals surface area contributed by atoms with E-state index in [1.165, 1.54) is 6.08 Å². The maximum atomic E-state index is 10.6. The van der Waals surface area contributed by atoms with Crippen LogP contribution in [0.15, 0.2) is 30.6 Å². The molecule has 0 saturated carbocycles. The SMILES string of the molecule is N#CC=Cc1ccc[n+](CC(N)=O)c1.[I-]. The highest BCUT2D eigenvalue weighted by Gasteiger charge is 2.04. The molecule has 78 valence electrons. The molecule has 0 unspecified atom stereocenters. The van der Waals surface area contributed by atoms with Crippen molar-refractivity contribution in [1.29, 1.82) is 5.26 Å². The first-order valence-electron chi connectivity index (χ1n) is 4.06. The molecule has 0 saturated heterocycles. The number of primary amides is 1. The molecule has 0 aliphatic heterocycles. The van der Waals surface area contributed by atoms with Gasteiger partial charge < -0.3 is 29.7 Å². The van der Waals surface area contributed by atoms with E-state index in [1.54, 1.807) is 29.1 Å². The quantitative estimate of drug-likeness (QED) is 0.367. The molecule has 0 aliphatic rings. The van der Waals surface area contributed by atoms with E-state index in [1.807, 2.05) is 12.1 Å². The Kier molecular flexibility index (Phi) is 6.29. The highest BCUT2D eigenvalue weighted by atomic mass is 127. The summed E-state index contributed by atoms with van der Waals surface area (Å²) < 4.78 is 1.67. The highest BCUT2D eigenvalue weighted by molar-refractivity contribution is 5.72. The summed E-state index contributed by atoms with van der Waals surface area (Å²) in [5.74, 6) is -0.392. The molecular weight excluding hydrogens is 305 g/mol. The summed E-state index contributed by atoms with van der Waals surface area (Å²) in [4.78, 5) is 10.6. The van der Waals surface area contributed by atoms with Gasteiger partial charge in [0.25, 0.3) is 5.91 Å². The van der Waals surface area contributed by atoms with E-state index in [-0.39, 0.29) is 30.5 Å². The Balaban J connectivity index is 0.00000196. The van der Waals surface area contributed by atoms with Crippen molar-refractivity contribution in [2.45, 2.75) is 6.54 Å². The molecule has 0 bridgehead atoms. The zero-order valence-corrected chi connectivity index (χ0v) is 10.1. The highest BCUT2D eigenvalue weighted by Crippen LogP contribution is 1.96. The summed E-state index contributed by atoms with van der Waals surface area (Å²) in [6, 6.07) is 5.53. The van der Waals surface area contributed by atoms with Gasteiger partial charge in [-0.2, -0.15) is 9.83 Å². The molecule has 0 aliphatic carbocycles. The standard InChI is InChI=1S/C10H9N3O.HI/c11-5-1-3-9-4-2-6-13(7-9)8-10(12)14;/h1-4,6-7H,8H2,(H-,12,14);1H. The lowest BCUT2D eigenvalue weighted by Crippen LogP contribution is -3.00. The average Bonchev–Trinajstić information content (AvgIpc) is 2.14. The van der Waals surface area contributed by atoms with E-state index in [0.29, 0.717) is 0 Å². The Morgan fingerprint density at radius 3 is 3.00 bits per heavy atom. The Bertz CT molecular complexity index is 409. The Morgan fingerprint density at radius 2 is 2.40 bits per heavy atom. The van der Waals surface area contributed by atoms with Gasteiger partial charge in [-0.05, 0) is 12.1 Å². The lowest BCUT2D eigenvalue weighted by molar-refractivity contribution is -0.684. The molecule has 1 aromatic heterocycles. The van der Waals surface area contributed by atoms with E-state index in [9.17, 15) is 4.79 Å². The van der Waals surface area contributed by atoms with Crippen molar-refractivity contribution >= 4 is 12.0 Å². The molecule has 1 heterocycles. The van der Waals surface area contributed by atoms with E-state index < -0.39 is 5.91 Å². The third-order valence-corrected chi connectivity index (χ3v) is 1.57. The fraction of sp³-hybridized carbons (Fsp3) is 0.100. The molecular formula is C10H10IN3O. The fourth-order valence-electron chi connectivity index (χ4n) is 1.05. The molecule has 0 spiro atoms. The van der Waals surface area contributed by atoms with Gasteiger partial charge in [-0.3, -0.25) is 4.79 Å². The number of nitrogens with zero attached hydrogens (tertiary/aromatic N) is 2. The van der Waals surface area contributed by atoms with Crippen LogP contribution in [0.25, 0.3) is 6.08 Å². The number of pyridine rings is 1. The maximum Gasteiger partial charge on any atom is 0.283 e. The van der Waals surface area contributed by atoms with E-state index in [4.69, 9.17) is 11.0 Å². The number of carbonyl (C=O) groups excluding carboxylic acids is 1. The minimum absolute atomic E-state index is 0. The van der Waals surface area contributed by atoms with Crippen molar-refractivity contribution in [3.63, 3.8) is 0 Å². The zero-order valence-electron chi connectivity index (χ0n) is 7.93. The summed E-state index contributed by atoms with van der Waals surface area (Å²) in [6.07, 6.45) is 6.54. The minimum Gasteiger partial charge on any atom is -1.00 e. The lowest BCUT2D eigenvalue weighted by atomic mass is 10.2. The first-order valence-corrected chi connectivity index (χ1v) is 4.06. The summed E-state index contributed by atoms with van der Waals surface area (Å²) >= 11 is 0. The van der Waals surface area contributed by atoms with Gasteiger partial charge in [-0.15, -0.1) is 0 Å². The number of rotatable bonds is 3. The molecule has 0 aromatic carbocycles. The van der Waals surface area contributed by atoms with Crippen LogP contribution in [0, 0.1) is 11.3 Å². The Morgan fingerprint density at radius 1 is 1.67 bits per heavy atom. The largest absolute Gasteiger partial charge is 1.00 e. The number of hydrogen-bond donors (Lipinski definition) is 1. The van der Waals surface area contributed by atoms with Crippen LogP contribution < -0.4 is 34.3 Å². The predicted molar refractivity (Wildman–Crippen MR) is 50.5 cm³/mol. The van der Waals surface area contributed by atoms with Gasteiger partial charge >= 0.3 is 0 Å². The second kappa shape index (κ2) is 6.95. The third-order valence-electron chi connectivity index (χ3n) is 1.57. The normalized spacial score (nSPS) is 9.27. The van der Waals surface area contributed by atoms with Crippen molar-refractivity contribution in [2.24, 2.45) is 5.73 Å². The molecule has 0 fully saturated rings. The number of nitriles is 1. The van der Waals surface area contributed by atoms with Crippen molar-refractivity contribution < 1.29 is 33.3 Å². The Labute approximate surface area is 105 Å². The van der Waals surface area contributed by atoms with E-state index in [0.717, 1.165) is 5.56 Å². The van der Waals surface area contributed by atoms with Crippen LogP contribution in [-0.2, 0) is 11.3 Å². The first kappa shape index (κ1) is 13.6. The van der Waals surface area contributed by atoms with Gasteiger partial charge in [0.1, 0.15) is 0 Å². The molecule has 15 heavy (non-hydrogen) atoms. The van der Waals surface area contributed by atoms with Gasteiger partial charge in [-0.25, -0.2) is 0 Å².